The number of allylic oxidation sites excluding steroid dienone is 2. The van der Waals surface area contributed by atoms with Crippen molar-refractivity contribution in [1.82, 2.24) is 0 Å². The average Bonchev–Trinajstić information content (AvgIpc) is 2.99. The van der Waals surface area contributed by atoms with Gasteiger partial charge >= 0.3 is 5.97 Å². The number of carbonyl (C=O) groups excluding carboxylic acids is 1. The molecule has 0 aromatic heterocycles. The lowest BCUT2D eigenvalue weighted by atomic mass is 9.99. The van der Waals surface area contributed by atoms with Gasteiger partial charge in [-0.3, -0.25) is 4.79 Å². The van der Waals surface area contributed by atoms with Crippen LogP contribution in [0.25, 0.3) is 0 Å². The third kappa shape index (κ3) is 13.0. The SMILES string of the molecule is CC(CCCCCC/C=C\CCCCCCCC(=O)O[C@@H]1OC(CO)[C@@H](O)C(O)C1O)O[C@@H]1OC(CO)[C@@H](O)C(O)C1O. The first-order chi connectivity index (χ1) is 20.6. The maximum Gasteiger partial charge on any atom is 0.308 e. The Morgan fingerprint density at radius 1 is 0.651 bits per heavy atom. The van der Waals surface area contributed by atoms with Crippen molar-refractivity contribution in [2.24, 2.45) is 0 Å². The van der Waals surface area contributed by atoms with Crippen LogP contribution in [0, 0.1) is 0 Å². The third-order valence-electron chi connectivity index (χ3n) is 7.96. The highest BCUT2D eigenvalue weighted by molar-refractivity contribution is 5.69. The number of hydrogen-bond donors (Lipinski definition) is 8. The maximum atomic E-state index is 12.0. The van der Waals surface area contributed by atoms with Crippen molar-refractivity contribution in [3.63, 3.8) is 0 Å². The van der Waals surface area contributed by atoms with Crippen molar-refractivity contribution in [1.29, 1.82) is 0 Å². The number of rotatable bonds is 20. The molecule has 13 nitrogen and oxygen atoms in total. The van der Waals surface area contributed by atoms with Crippen LogP contribution in [0.4, 0.5) is 0 Å². The summed E-state index contributed by atoms with van der Waals surface area (Å²) in [5.74, 6) is -0.566. The van der Waals surface area contributed by atoms with Gasteiger partial charge in [-0.1, -0.05) is 50.7 Å². The molecule has 2 rings (SSSR count). The predicted molar refractivity (Wildman–Crippen MR) is 153 cm³/mol. The lowest BCUT2D eigenvalue weighted by Crippen LogP contribution is -2.59. The Kier molecular flexibility index (Phi) is 18.3. The molecule has 0 saturated carbocycles. The normalized spacial score (nSPS) is 34.0. The summed E-state index contributed by atoms with van der Waals surface area (Å²) >= 11 is 0. The Balaban J connectivity index is 1.41. The van der Waals surface area contributed by atoms with E-state index in [-0.39, 0.29) is 12.5 Å². The van der Waals surface area contributed by atoms with Crippen molar-refractivity contribution in [2.45, 2.75) is 158 Å². The van der Waals surface area contributed by atoms with Crippen molar-refractivity contribution in [3.8, 4) is 0 Å². The van der Waals surface area contributed by atoms with E-state index in [2.05, 4.69) is 12.2 Å². The molecule has 2 aliphatic rings. The summed E-state index contributed by atoms with van der Waals surface area (Å²) in [6, 6.07) is 0. The zero-order valence-corrected chi connectivity index (χ0v) is 25.2. The number of aliphatic hydroxyl groups is 8. The Labute approximate surface area is 254 Å². The van der Waals surface area contributed by atoms with Gasteiger partial charge in [-0.05, 0) is 45.4 Å². The van der Waals surface area contributed by atoms with E-state index in [0.717, 1.165) is 70.6 Å². The second kappa shape index (κ2) is 20.7. The van der Waals surface area contributed by atoms with Crippen LogP contribution >= 0.6 is 0 Å². The van der Waals surface area contributed by atoms with E-state index < -0.39 is 80.6 Å². The van der Waals surface area contributed by atoms with Gasteiger partial charge in [0.15, 0.2) is 6.29 Å². The fraction of sp³-hybridized carbons (Fsp3) is 0.900. The van der Waals surface area contributed by atoms with Crippen LogP contribution < -0.4 is 0 Å². The highest BCUT2D eigenvalue weighted by Crippen LogP contribution is 2.25. The van der Waals surface area contributed by atoms with Crippen LogP contribution in [-0.4, -0.2) is 128 Å². The van der Waals surface area contributed by atoms with Gasteiger partial charge in [-0.25, -0.2) is 0 Å². The van der Waals surface area contributed by atoms with Gasteiger partial charge in [0.2, 0.25) is 6.29 Å². The smallest absolute Gasteiger partial charge is 0.308 e. The molecule has 0 bridgehead atoms. The summed E-state index contributed by atoms with van der Waals surface area (Å²) < 4.78 is 21.3. The fourth-order valence-electron chi connectivity index (χ4n) is 5.18. The molecular formula is C30H54O13. The van der Waals surface area contributed by atoms with E-state index in [0.29, 0.717) is 6.42 Å². The van der Waals surface area contributed by atoms with Gasteiger partial charge in [0, 0.05) is 6.42 Å². The van der Waals surface area contributed by atoms with Crippen molar-refractivity contribution < 1.29 is 64.6 Å². The molecule has 252 valence electrons. The first-order valence-corrected chi connectivity index (χ1v) is 15.7. The second-order valence-corrected chi connectivity index (χ2v) is 11.6. The zero-order valence-electron chi connectivity index (χ0n) is 25.2. The third-order valence-corrected chi connectivity index (χ3v) is 7.96. The molecule has 2 saturated heterocycles. The van der Waals surface area contributed by atoms with E-state index in [1.165, 1.54) is 0 Å². The lowest BCUT2D eigenvalue weighted by Gasteiger charge is -2.40. The van der Waals surface area contributed by atoms with Crippen LogP contribution in [0.2, 0.25) is 0 Å². The second-order valence-electron chi connectivity index (χ2n) is 11.6. The molecule has 13 heteroatoms. The first-order valence-electron chi connectivity index (χ1n) is 15.7. The summed E-state index contributed by atoms with van der Waals surface area (Å²) in [7, 11) is 0. The lowest BCUT2D eigenvalue weighted by molar-refractivity contribution is -0.310. The predicted octanol–water partition coefficient (Wildman–Crippen LogP) is 0.162. The summed E-state index contributed by atoms with van der Waals surface area (Å²) in [4.78, 5) is 12.0. The Bertz CT molecular complexity index is 779. The van der Waals surface area contributed by atoms with E-state index in [1.807, 2.05) is 6.92 Å². The first kappa shape index (κ1) is 38.0. The largest absolute Gasteiger partial charge is 0.433 e. The molecule has 2 heterocycles. The number of aliphatic hydroxyl groups excluding tert-OH is 8. The molecule has 2 aliphatic heterocycles. The van der Waals surface area contributed by atoms with Crippen molar-refractivity contribution in [3.05, 3.63) is 12.2 Å². The van der Waals surface area contributed by atoms with Crippen LogP contribution in [-0.2, 0) is 23.7 Å². The van der Waals surface area contributed by atoms with Crippen LogP contribution in [0.5, 0.6) is 0 Å². The van der Waals surface area contributed by atoms with E-state index in [4.69, 9.17) is 18.9 Å². The van der Waals surface area contributed by atoms with E-state index in [9.17, 15) is 45.6 Å². The quantitative estimate of drug-likeness (QED) is 0.0517. The molecule has 7 unspecified atom stereocenters. The maximum absolute atomic E-state index is 12.0. The monoisotopic (exact) mass is 622 g/mol. The molecule has 2 fully saturated rings. The Morgan fingerprint density at radius 2 is 1.12 bits per heavy atom. The number of carbonyl (C=O) groups is 1. The van der Waals surface area contributed by atoms with Crippen molar-refractivity contribution in [2.75, 3.05) is 13.2 Å². The van der Waals surface area contributed by atoms with E-state index >= 15 is 0 Å². The summed E-state index contributed by atoms with van der Waals surface area (Å²) in [6.45, 7) is 0.812. The van der Waals surface area contributed by atoms with E-state index in [1.54, 1.807) is 0 Å². The minimum atomic E-state index is -1.58. The summed E-state index contributed by atoms with van der Waals surface area (Å²) in [5, 5.41) is 77.7. The topological polar surface area (TPSA) is 216 Å². The molecule has 43 heavy (non-hydrogen) atoms. The highest BCUT2D eigenvalue weighted by atomic mass is 16.7. The Hall–Kier alpha value is -1.23. The molecule has 0 amide bonds. The Morgan fingerprint density at radius 3 is 1.67 bits per heavy atom. The highest BCUT2D eigenvalue weighted by Gasteiger charge is 2.46. The minimum Gasteiger partial charge on any atom is -0.433 e. The van der Waals surface area contributed by atoms with Gasteiger partial charge < -0.3 is 59.8 Å². The van der Waals surface area contributed by atoms with Crippen LogP contribution in [0.1, 0.15) is 90.4 Å². The summed E-state index contributed by atoms with van der Waals surface area (Å²) in [5.41, 5.74) is 0. The van der Waals surface area contributed by atoms with Gasteiger partial charge in [0.1, 0.15) is 48.8 Å². The average molecular weight is 623 g/mol. The van der Waals surface area contributed by atoms with Crippen LogP contribution in [0.15, 0.2) is 12.2 Å². The molecule has 0 aliphatic carbocycles. The molecular weight excluding hydrogens is 568 g/mol. The van der Waals surface area contributed by atoms with Gasteiger partial charge in [-0.15, -0.1) is 0 Å². The number of ether oxygens (including phenoxy) is 4. The molecule has 11 atom stereocenters. The fourth-order valence-corrected chi connectivity index (χ4v) is 5.18. The zero-order chi connectivity index (χ0) is 31.8. The minimum absolute atomic E-state index is 0.152. The molecule has 8 N–H and O–H groups in total. The van der Waals surface area contributed by atoms with Crippen molar-refractivity contribution >= 4 is 5.97 Å². The molecule has 0 spiro atoms. The molecule has 0 radical (unpaired) electrons. The number of unbranched alkanes of at least 4 members (excludes halogenated alkanes) is 9. The number of esters is 1. The van der Waals surface area contributed by atoms with Gasteiger partial charge in [-0.2, -0.15) is 0 Å². The van der Waals surface area contributed by atoms with Crippen LogP contribution in [0.3, 0.4) is 0 Å². The van der Waals surface area contributed by atoms with Gasteiger partial charge in [0.05, 0.1) is 19.3 Å². The molecule has 0 aromatic rings. The standard InChI is InChI=1S/C30H54O13/c1-19(40-29-27(38)25(36)23(34)20(17-31)41-29)15-13-11-9-7-5-3-2-4-6-8-10-12-14-16-22(33)43-30-28(39)26(37)24(35)21(18-32)42-30/h2-3,19-21,23-32,34-39H,4-18H2,1H3/b3-2-/t19?,20?,21?,23-,24-,25?,26?,27?,28?,29-,30+/m1/s1. The molecule has 0 aromatic carbocycles. The number of hydrogen-bond acceptors (Lipinski definition) is 13. The van der Waals surface area contributed by atoms with Gasteiger partial charge in [0.25, 0.3) is 0 Å². The summed E-state index contributed by atoms with van der Waals surface area (Å²) in [6.07, 6.45) is 2.50.